The minimum atomic E-state index is -0.551. The second-order valence-electron chi connectivity index (χ2n) is 8.01. The monoisotopic (exact) mass is 535 g/mol. The van der Waals surface area contributed by atoms with Crippen LogP contribution in [0.25, 0.3) is 6.08 Å². The van der Waals surface area contributed by atoms with Gasteiger partial charge in [-0.25, -0.2) is 0 Å². The third kappa shape index (κ3) is 5.98. The average molecular weight is 536 g/mol. The van der Waals surface area contributed by atoms with E-state index in [1.54, 1.807) is 49.4 Å². The molecular formula is C26H21N3O8S. The molecule has 0 aliphatic carbocycles. The summed E-state index contributed by atoms with van der Waals surface area (Å²) in [6, 6.07) is 17.0. The minimum Gasteiger partial charge on any atom is -0.490 e. The van der Waals surface area contributed by atoms with Crippen molar-refractivity contribution in [3.05, 3.63) is 109 Å². The van der Waals surface area contributed by atoms with Gasteiger partial charge in [-0.2, -0.15) is 0 Å². The van der Waals surface area contributed by atoms with Crippen molar-refractivity contribution < 1.29 is 28.9 Å². The van der Waals surface area contributed by atoms with Crippen molar-refractivity contribution in [2.45, 2.75) is 20.1 Å². The Balaban J connectivity index is 1.50. The summed E-state index contributed by atoms with van der Waals surface area (Å²) in [7, 11) is 0. The number of non-ortho nitro benzene ring substituents is 1. The molecule has 3 aromatic carbocycles. The second kappa shape index (κ2) is 11.6. The second-order valence-corrected chi connectivity index (χ2v) is 9.00. The first-order valence-electron chi connectivity index (χ1n) is 11.4. The molecule has 1 aliphatic rings. The lowest BCUT2D eigenvalue weighted by Crippen LogP contribution is -2.27. The van der Waals surface area contributed by atoms with E-state index in [1.807, 2.05) is 0 Å². The highest BCUT2D eigenvalue weighted by molar-refractivity contribution is 8.18. The summed E-state index contributed by atoms with van der Waals surface area (Å²) in [5.41, 5.74) is 1.40. The molecule has 0 unspecified atom stereocenters. The van der Waals surface area contributed by atoms with Gasteiger partial charge in [-0.05, 0) is 60.2 Å². The number of nitro groups is 2. The Morgan fingerprint density at radius 1 is 0.921 bits per heavy atom. The van der Waals surface area contributed by atoms with E-state index in [1.165, 1.54) is 30.3 Å². The Kier molecular flexibility index (Phi) is 8.02. The molecule has 0 aromatic heterocycles. The van der Waals surface area contributed by atoms with Crippen LogP contribution in [0.2, 0.25) is 0 Å². The highest BCUT2D eigenvalue weighted by Gasteiger charge is 2.36. The molecule has 38 heavy (non-hydrogen) atoms. The smallest absolute Gasteiger partial charge is 0.293 e. The number of benzene rings is 3. The molecule has 2 amide bonds. The highest BCUT2D eigenvalue weighted by atomic mass is 32.2. The lowest BCUT2D eigenvalue weighted by molar-refractivity contribution is -0.385. The number of thioether (sulfide) groups is 1. The Labute approximate surface area is 221 Å². The van der Waals surface area contributed by atoms with Crippen molar-refractivity contribution in [1.82, 2.24) is 4.90 Å². The average Bonchev–Trinajstić information content (AvgIpc) is 3.16. The van der Waals surface area contributed by atoms with Crippen LogP contribution < -0.4 is 9.47 Å². The number of ether oxygens (including phenoxy) is 2. The molecular weight excluding hydrogens is 514 g/mol. The Morgan fingerprint density at radius 2 is 1.66 bits per heavy atom. The van der Waals surface area contributed by atoms with Crippen LogP contribution in [0.1, 0.15) is 23.6 Å². The minimum absolute atomic E-state index is 0.0143. The van der Waals surface area contributed by atoms with Gasteiger partial charge in [-0.1, -0.05) is 24.3 Å². The number of carbonyl (C=O) groups excluding carboxylic acids is 2. The van der Waals surface area contributed by atoms with Crippen LogP contribution in [-0.4, -0.2) is 32.5 Å². The Morgan fingerprint density at radius 3 is 2.34 bits per heavy atom. The van der Waals surface area contributed by atoms with Crippen LogP contribution in [0.5, 0.6) is 11.5 Å². The molecule has 1 heterocycles. The van der Waals surface area contributed by atoms with Crippen LogP contribution in [0, 0.1) is 20.2 Å². The van der Waals surface area contributed by atoms with Gasteiger partial charge in [0.1, 0.15) is 6.61 Å². The maximum Gasteiger partial charge on any atom is 0.293 e. The molecule has 194 valence electrons. The lowest BCUT2D eigenvalue weighted by atomic mass is 10.1. The quantitative estimate of drug-likeness (QED) is 0.181. The zero-order chi connectivity index (χ0) is 27.2. The van der Waals surface area contributed by atoms with Gasteiger partial charge in [0.25, 0.3) is 22.5 Å². The molecule has 0 radical (unpaired) electrons. The van der Waals surface area contributed by atoms with E-state index in [0.717, 1.165) is 22.2 Å². The SMILES string of the molecule is CCOc1cc(/C=C2/SC(=O)N(Cc3ccccc3[N+](=O)[O-])C2=O)ccc1OCc1ccc([N+](=O)[O-])cc1. The fourth-order valence-corrected chi connectivity index (χ4v) is 4.50. The predicted octanol–water partition coefficient (Wildman–Crippen LogP) is 5.72. The molecule has 0 bridgehead atoms. The summed E-state index contributed by atoms with van der Waals surface area (Å²) in [4.78, 5) is 47.8. The standard InChI is InChI=1S/C26H21N3O8S/c1-2-36-23-13-18(9-12-22(23)37-16-17-7-10-20(11-8-17)28(32)33)14-24-25(30)27(26(31)38-24)15-19-5-3-4-6-21(19)29(34)35/h3-14H,2,15-16H2,1H3/b24-14+. The summed E-state index contributed by atoms with van der Waals surface area (Å²) >= 11 is 0.753. The molecule has 3 aromatic rings. The van der Waals surface area contributed by atoms with Crippen molar-refractivity contribution in [3.8, 4) is 11.5 Å². The Hall–Kier alpha value is -4.71. The number of imide groups is 1. The van der Waals surface area contributed by atoms with E-state index in [9.17, 15) is 29.8 Å². The van der Waals surface area contributed by atoms with Gasteiger partial charge in [0.05, 0.1) is 27.9 Å². The van der Waals surface area contributed by atoms with Gasteiger partial charge in [0, 0.05) is 23.8 Å². The topological polar surface area (TPSA) is 142 Å². The van der Waals surface area contributed by atoms with Gasteiger partial charge in [0.2, 0.25) is 0 Å². The zero-order valence-electron chi connectivity index (χ0n) is 20.1. The molecule has 4 rings (SSSR count). The van der Waals surface area contributed by atoms with E-state index >= 15 is 0 Å². The van der Waals surface area contributed by atoms with Gasteiger partial charge >= 0.3 is 0 Å². The van der Waals surface area contributed by atoms with Crippen molar-refractivity contribution >= 4 is 40.4 Å². The van der Waals surface area contributed by atoms with E-state index in [-0.39, 0.29) is 35.0 Å². The first-order chi connectivity index (χ1) is 18.3. The number of nitro benzene ring substituents is 2. The maximum atomic E-state index is 13.0. The van der Waals surface area contributed by atoms with E-state index < -0.39 is 21.0 Å². The molecule has 12 heteroatoms. The molecule has 0 spiro atoms. The van der Waals surface area contributed by atoms with E-state index in [0.29, 0.717) is 23.7 Å². The number of hydrogen-bond donors (Lipinski definition) is 0. The summed E-state index contributed by atoms with van der Waals surface area (Å²) < 4.78 is 11.5. The number of para-hydroxylation sites is 1. The summed E-state index contributed by atoms with van der Waals surface area (Å²) in [5.74, 6) is 0.309. The van der Waals surface area contributed by atoms with Crippen LogP contribution >= 0.6 is 11.8 Å². The summed E-state index contributed by atoms with van der Waals surface area (Å²) in [6.45, 7) is 2.10. The number of amides is 2. The number of nitrogens with zero attached hydrogens (tertiary/aromatic N) is 3. The van der Waals surface area contributed by atoms with E-state index in [4.69, 9.17) is 9.47 Å². The number of carbonyl (C=O) groups is 2. The molecule has 1 fully saturated rings. The van der Waals surface area contributed by atoms with Crippen molar-refractivity contribution in [2.24, 2.45) is 0 Å². The van der Waals surface area contributed by atoms with E-state index in [2.05, 4.69) is 0 Å². The van der Waals surface area contributed by atoms with Gasteiger partial charge in [-0.3, -0.25) is 34.7 Å². The lowest BCUT2D eigenvalue weighted by Gasteiger charge is -2.13. The van der Waals surface area contributed by atoms with Crippen LogP contribution in [0.15, 0.2) is 71.6 Å². The first-order valence-corrected chi connectivity index (χ1v) is 12.2. The number of hydrogen-bond acceptors (Lipinski definition) is 9. The third-order valence-electron chi connectivity index (χ3n) is 5.50. The molecule has 0 saturated carbocycles. The van der Waals surface area contributed by atoms with Gasteiger partial charge in [0.15, 0.2) is 11.5 Å². The van der Waals surface area contributed by atoms with Gasteiger partial charge in [-0.15, -0.1) is 0 Å². The molecule has 0 atom stereocenters. The summed E-state index contributed by atoms with van der Waals surface area (Å²) in [6.07, 6.45) is 1.55. The normalized spacial score (nSPS) is 14.1. The number of rotatable bonds is 10. The maximum absolute atomic E-state index is 13.0. The Bertz CT molecular complexity index is 1440. The van der Waals surface area contributed by atoms with Crippen LogP contribution in [-0.2, 0) is 17.9 Å². The van der Waals surface area contributed by atoms with Crippen molar-refractivity contribution in [1.29, 1.82) is 0 Å². The first kappa shape index (κ1) is 26.4. The molecule has 1 aliphatic heterocycles. The molecule has 0 N–H and O–H groups in total. The van der Waals surface area contributed by atoms with Crippen LogP contribution in [0.4, 0.5) is 16.2 Å². The zero-order valence-corrected chi connectivity index (χ0v) is 20.9. The van der Waals surface area contributed by atoms with Crippen molar-refractivity contribution in [2.75, 3.05) is 6.61 Å². The third-order valence-corrected chi connectivity index (χ3v) is 6.40. The van der Waals surface area contributed by atoms with Gasteiger partial charge < -0.3 is 9.47 Å². The molecule has 1 saturated heterocycles. The fraction of sp³-hybridized carbons (Fsp3) is 0.154. The predicted molar refractivity (Wildman–Crippen MR) is 140 cm³/mol. The molecule has 11 nitrogen and oxygen atoms in total. The fourth-order valence-electron chi connectivity index (χ4n) is 3.66. The van der Waals surface area contributed by atoms with Crippen LogP contribution in [0.3, 0.4) is 0 Å². The summed E-state index contributed by atoms with van der Waals surface area (Å²) in [5, 5.41) is 21.6. The van der Waals surface area contributed by atoms with Crippen molar-refractivity contribution in [3.63, 3.8) is 0 Å². The highest BCUT2D eigenvalue weighted by Crippen LogP contribution is 2.36. The largest absolute Gasteiger partial charge is 0.490 e.